The van der Waals surface area contributed by atoms with Crippen LogP contribution in [-0.4, -0.2) is 37.6 Å². The number of nitrogens with one attached hydrogen (secondary N) is 1. The first-order valence-electron chi connectivity index (χ1n) is 6.88. The fourth-order valence-corrected chi connectivity index (χ4v) is 2.90. The second-order valence-electron chi connectivity index (χ2n) is 5.24. The van der Waals surface area contributed by atoms with Gasteiger partial charge in [0.2, 0.25) is 0 Å². The third-order valence-corrected chi connectivity index (χ3v) is 4.01. The van der Waals surface area contributed by atoms with E-state index in [2.05, 4.69) is 10.2 Å². The van der Waals surface area contributed by atoms with Crippen LogP contribution in [0, 0.1) is 5.92 Å². The quantitative estimate of drug-likeness (QED) is 0.856. The zero-order chi connectivity index (χ0) is 10.3. The Balaban J connectivity index is 0.00000128. The Morgan fingerprint density at radius 2 is 1.47 bits per heavy atom. The fraction of sp³-hybridized carbons (Fsp3) is 1.00. The zero-order valence-corrected chi connectivity index (χ0v) is 12.5. The molecule has 0 unspecified atom stereocenters. The smallest absolute Gasteiger partial charge is 0.00161 e. The van der Waals surface area contributed by atoms with Gasteiger partial charge < -0.3 is 10.2 Å². The SMILES string of the molecule is C1CCCN(CCC2CCNCC2)CC1.Cl.Cl. The number of hydrogen-bond donors (Lipinski definition) is 1. The highest BCUT2D eigenvalue weighted by molar-refractivity contribution is 5.85. The van der Waals surface area contributed by atoms with Gasteiger partial charge in [0.15, 0.2) is 0 Å². The summed E-state index contributed by atoms with van der Waals surface area (Å²) in [4.78, 5) is 2.70. The van der Waals surface area contributed by atoms with E-state index in [0.717, 1.165) is 5.92 Å². The third-order valence-electron chi connectivity index (χ3n) is 4.01. The molecule has 0 saturated carbocycles. The first kappa shape index (κ1) is 17.5. The maximum absolute atomic E-state index is 3.45. The summed E-state index contributed by atoms with van der Waals surface area (Å²) < 4.78 is 0. The summed E-state index contributed by atoms with van der Waals surface area (Å²) in [6, 6.07) is 0. The van der Waals surface area contributed by atoms with E-state index in [4.69, 9.17) is 0 Å². The monoisotopic (exact) mass is 282 g/mol. The van der Waals surface area contributed by atoms with Gasteiger partial charge in [0.05, 0.1) is 0 Å². The Bertz CT molecular complexity index is 165. The van der Waals surface area contributed by atoms with Crippen LogP contribution < -0.4 is 5.32 Å². The molecule has 104 valence electrons. The van der Waals surface area contributed by atoms with Crippen LogP contribution in [0.1, 0.15) is 44.9 Å². The fourth-order valence-electron chi connectivity index (χ4n) is 2.90. The largest absolute Gasteiger partial charge is 0.317 e. The maximum atomic E-state index is 3.45. The number of piperidine rings is 1. The average molecular weight is 283 g/mol. The van der Waals surface area contributed by atoms with Crippen molar-refractivity contribution in [3.8, 4) is 0 Å². The molecule has 0 aromatic heterocycles. The Kier molecular flexibility index (Phi) is 10.7. The van der Waals surface area contributed by atoms with Gasteiger partial charge in [0, 0.05) is 0 Å². The minimum atomic E-state index is 0. The molecule has 0 amide bonds. The van der Waals surface area contributed by atoms with Crippen molar-refractivity contribution in [1.82, 2.24) is 10.2 Å². The van der Waals surface area contributed by atoms with E-state index >= 15 is 0 Å². The minimum absolute atomic E-state index is 0. The molecule has 0 bridgehead atoms. The highest BCUT2D eigenvalue weighted by Gasteiger charge is 2.15. The molecule has 2 aliphatic heterocycles. The maximum Gasteiger partial charge on any atom is -0.00161 e. The molecule has 4 heteroatoms. The Labute approximate surface area is 119 Å². The van der Waals surface area contributed by atoms with Gasteiger partial charge in [0.1, 0.15) is 0 Å². The van der Waals surface area contributed by atoms with E-state index < -0.39 is 0 Å². The Morgan fingerprint density at radius 1 is 0.882 bits per heavy atom. The van der Waals surface area contributed by atoms with E-state index in [1.54, 1.807) is 0 Å². The van der Waals surface area contributed by atoms with Gasteiger partial charge in [-0.05, 0) is 70.7 Å². The summed E-state index contributed by atoms with van der Waals surface area (Å²) in [7, 11) is 0. The molecule has 17 heavy (non-hydrogen) atoms. The number of nitrogens with zero attached hydrogens (tertiary/aromatic N) is 1. The van der Waals surface area contributed by atoms with Crippen LogP contribution in [0.15, 0.2) is 0 Å². The molecule has 2 rings (SSSR count). The first-order chi connectivity index (χ1) is 7.45. The van der Waals surface area contributed by atoms with Crippen LogP contribution >= 0.6 is 24.8 Å². The Hall–Kier alpha value is 0.500. The van der Waals surface area contributed by atoms with Crippen LogP contribution in [0.2, 0.25) is 0 Å². The molecule has 0 aromatic rings. The van der Waals surface area contributed by atoms with Gasteiger partial charge in [-0.3, -0.25) is 0 Å². The molecular formula is C13H28Cl2N2. The van der Waals surface area contributed by atoms with E-state index in [1.807, 2.05) is 0 Å². The molecule has 1 N–H and O–H groups in total. The molecular weight excluding hydrogens is 255 g/mol. The summed E-state index contributed by atoms with van der Waals surface area (Å²) in [5.41, 5.74) is 0. The van der Waals surface area contributed by atoms with Crippen molar-refractivity contribution in [2.24, 2.45) is 5.92 Å². The average Bonchev–Trinajstić information content (AvgIpc) is 2.56. The van der Waals surface area contributed by atoms with Gasteiger partial charge in [-0.25, -0.2) is 0 Å². The second kappa shape index (κ2) is 10.4. The van der Waals surface area contributed by atoms with Crippen molar-refractivity contribution in [3.63, 3.8) is 0 Å². The molecule has 0 aliphatic carbocycles. The Morgan fingerprint density at radius 3 is 2.06 bits per heavy atom. The van der Waals surface area contributed by atoms with E-state index in [1.165, 1.54) is 77.7 Å². The van der Waals surface area contributed by atoms with Crippen LogP contribution in [0.3, 0.4) is 0 Å². The van der Waals surface area contributed by atoms with Crippen molar-refractivity contribution in [2.45, 2.75) is 44.9 Å². The molecule has 2 fully saturated rings. The first-order valence-corrected chi connectivity index (χ1v) is 6.88. The van der Waals surface area contributed by atoms with Gasteiger partial charge in [-0.1, -0.05) is 12.8 Å². The number of halogens is 2. The number of likely N-dealkylation sites (tertiary alicyclic amines) is 1. The molecule has 0 spiro atoms. The summed E-state index contributed by atoms with van der Waals surface area (Å²) in [5.74, 6) is 1.01. The molecule has 0 radical (unpaired) electrons. The topological polar surface area (TPSA) is 15.3 Å². The van der Waals surface area contributed by atoms with E-state index in [9.17, 15) is 0 Å². The lowest BCUT2D eigenvalue weighted by Crippen LogP contribution is -2.31. The van der Waals surface area contributed by atoms with Crippen molar-refractivity contribution in [3.05, 3.63) is 0 Å². The molecule has 2 nitrogen and oxygen atoms in total. The van der Waals surface area contributed by atoms with Gasteiger partial charge in [-0.2, -0.15) is 0 Å². The minimum Gasteiger partial charge on any atom is -0.317 e. The standard InChI is InChI=1S/C13H26N2.2ClH/c1-2-4-11-15(10-3-1)12-7-13-5-8-14-9-6-13;;/h13-14H,1-12H2;2*1H. The van der Waals surface area contributed by atoms with Crippen LogP contribution in [0.25, 0.3) is 0 Å². The van der Waals surface area contributed by atoms with E-state index in [0.29, 0.717) is 0 Å². The van der Waals surface area contributed by atoms with Gasteiger partial charge in [-0.15, -0.1) is 24.8 Å². The normalized spacial score (nSPS) is 23.3. The third kappa shape index (κ3) is 6.85. The molecule has 2 heterocycles. The summed E-state index contributed by atoms with van der Waals surface area (Å²) in [6.07, 6.45) is 10.1. The second-order valence-corrected chi connectivity index (χ2v) is 5.24. The van der Waals surface area contributed by atoms with Crippen molar-refractivity contribution in [1.29, 1.82) is 0 Å². The molecule has 2 saturated heterocycles. The summed E-state index contributed by atoms with van der Waals surface area (Å²) in [5, 5.41) is 3.45. The number of rotatable bonds is 3. The zero-order valence-electron chi connectivity index (χ0n) is 10.8. The van der Waals surface area contributed by atoms with Crippen molar-refractivity contribution in [2.75, 3.05) is 32.7 Å². The predicted octanol–water partition coefficient (Wildman–Crippen LogP) is 3.10. The number of hydrogen-bond acceptors (Lipinski definition) is 2. The lowest BCUT2D eigenvalue weighted by atomic mass is 9.94. The van der Waals surface area contributed by atoms with Gasteiger partial charge >= 0.3 is 0 Å². The van der Waals surface area contributed by atoms with Crippen molar-refractivity contribution < 1.29 is 0 Å². The lowest BCUT2D eigenvalue weighted by molar-refractivity contribution is 0.242. The van der Waals surface area contributed by atoms with Crippen LogP contribution in [-0.2, 0) is 0 Å². The van der Waals surface area contributed by atoms with Crippen LogP contribution in [0.5, 0.6) is 0 Å². The highest BCUT2D eigenvalue weighted by atomic mass is 35.5. The highest BCUT2D eigenvalue weighted by Crippen LogP contribution is 2.17. The molecule has 0 aromatic carbocycles. The lowest BCUT2D eigenvalue weighted by Gasteiger charge is -2.26. The van der Waals surface area contributed by atoms with Crippen molar-refractivity contribution >= 4 is 24.8 Å². The summed E-state index contributed by atoms with van der Waals surface area (Å²) in [6.45, 7) is 6.61. The van der Waals surface area contributed by atoms with Crippen LogP contribution in [0.4, 0.5) is 0 Å². The predicted molar refractivity (Wildman–Crippen MR) is 79.6 cm³/mol. The van der Waals surface area contributed by atoms with Gasteiger partial charge in [0.25, 0.3) is 0 Å². The summed E-state index contributed by atoms with van der Waals surface area (Å²) >= 11 is 0. The molecule has 0 atom stereocenters. The molecule has 2 aliphatic rings. The van der Waals surface area contributed by atoms with E-state index in [-0.39, 0.29) is 24.8 Å².